The Hall–Kier alpha value is -2.44. The average Bonchev–Trinajstić information content (AvgIpc) is 3.15. The summed E-state index contributed by atoms with van der Waals surface area (Å²) >= 11 is 0. The quantitative estimate of drug-likeness (QED) is 0.773. The van der Waals surface area contributed by atoms with Gasteiger partial charge < -0.3 is 9.64 Å². The van der Waals surface area contributed by atoms with Gasteiger partial charge in [0.2, 0.25) is 5.91 Å². The lowest BCUT2D eigenvalue weighted by atomic mass is 9.98. The SMILES string of the molecule is O=C(CCCn1cncn1)N1CCCC(COc2ccc(F)cc2)C1. The number of aryl methyl sites for hydroxylation is 1. The number of rotatable bonds is 7. The number of ether oxygens (including phenoxy) is 1. The molecule has 0 N–H and O–H groups in total. The molecule has 1 atom stereocenters. The standard InChI is InChI=1S/C18H23FN4O2/c19-16-5-7-17(8-6-16)25-12-15-3-1-9-22(11-15)18(24)4-2-10-23-14-20-13-21-23/h5-8,13-15H,1-4,9-12H2. The van der Waals surface area contributed by atoms with Crippen LogP contribution in [0.15, 0.2) is 36.9 Å². The van der Waals surface area contributed by atoms with E-state index >= 15 is 0 Å². The highest BCUT2D eigenvalue weighted by molar-refractivity contribution is 5.76. The van der Waals surface area contributed by atoms with Crippen molar-refractivity contribution in [1.29, 1.82) is 0 Å². The Labute approximate surface area is 146 Å². The molecule has 0 saturated carbocycles. The minimum absolute atomic E-state index is 0.187. The summed E-state index contributed by atoms with van der Waals surface area (Å²) in [5, 5.41) is 4.04. The maximum Gasteiger partial charge on any atom is 0.222 e. The second-order valence-electron chi connectivity index (χ2n) is 6.38. The number of halogens is 1. The zero-order valence-corrected chi connectivity index (χ0v) is 14.2. The fraction of sp³-hybridized carbons (Fsp3) is 0.500. The molecule has 0 bridgehead atoms. The molecule has 1 aromatic carbocycles. The predicted octanol–water partition coefficient (Wildman–Crippen LogP) is 2.52. The maximum absolute atomic E-state index is 12.9. The molecule has 0 radical (unpaired) electrons. The molecular weight excluding hydrogens is 323 g/mol. The van der Waals surface area contributed by atoms with Gasteiger partial charge in [0.05, 0.1) is 6.61 Å². The highest BCUT2D eigenvalue weighted by Crippen LogP contribution is 2.20. The molecule has 1 saturated heterocycles. The van der Waals surface area contributed by atoms with E-state index in [0.29, 0.717) is 31.2 Å². The van der Waals surface area contributed by atoms with Crippen molar-refractivity contribution >= 4 is 5.91 Å². The zero-order valence-electron chi connectivity index (χ0n) is 14.2. The molecule has 25 heavy (non-hydrogen) atoms. The van der Waals surface area contributed by atoms with Gasteiger partial charge in [-0.3, -0.25) is 9.48 Å². The molecule has 1 fully saturated rings. The summed E-state index contributed by atoms with van der Waals surface area (Å²) < 4.78 is 20.4. The molecule has 1 unspecified atom stereocenters. The second-order valence-corrected chi connectivity index (χ2v) is 6.38. The topological polar surface area (TPSA) is 60.2 Å². The van der Waals surface area contributed by atoms with Crippen molar-refractivity contribution < 1.29 is 13.9 Å². The van der Waals surface area contributed by atoms with Crippen LogP contribution in [0.3, 0.4) is 0 Å². The number of piperidine rings is 1. The number of aromatic nitrogens is 3. The van der Waals surface area contributed by atoms with Crippen LogP contribution in [0.25, 0.3) is 0 Å². The Morgan fingerprint density at radius 1 is 1.32 bits per heavy atom. The third-order valence-electron chi connectivity index (χ3n) is 4.42. The van der Waals surface area contributed by atoms with Crippen LogP contribution >= 0.6 is 0 Å². The highest BCUT2D eigenvalue weighted by atomic mass is 19.1. The maximum atomic E-state index is 12.9. The van der Waals surface area contributed by atoms with Crippen molar-refractivity contribution in [2.24, 2.45) is 5.92 Å². The molecule has 3 rings (SSSR count). The second kappa shape index (κ2) is 8.60. The van der Waals surface area contributed by atoms with Gasteiger partial charge in [0.15, 0.2) is 0 Å². The first-order valence-corrected chi connectivity index (χ1v) is 8.69. The van der Waals surface area contributed by atoms with Gasteiger partial charge >= 0.3 is 0 Å². The average molecular weight is 346 g/mol. The van der Waals surface area contributed by atoms with Gasteiger partial charge in [0.25, 0.3) is 0 Å². The summed E-state index contributed by atoms with van der Waals surface area (Å²) in [6, 6.07) is 6.04. The van der Waals surface area contributed by atoms with Crippen LogP contribution in [0.2, 0.25) is 0 Å². The van der Waals surface area contributed by atoms with E-state index in [1.165, 1.54) is 18.5 Å². The Kier molecular flexibility index (Phi) is 5.98. The van der Waals surface area contributed by atoms with Gasteiger partial charge in [-0.05, 0) is 43.5 Å². The summed E-state index contributed by atoms with van der Waals surface area (Å²) in [5.41, 5.74) is 0. The number of hydrogen-bond acceptors (Lipinski definition) is 4. The van der Waals surface area contributed by atoms with Gasteiger partial charge in [0.1, 0.15) is 24.2 Å². The fourth-order valence-electron chi connectivity index (χ4n) is 3.07. The Balaban J connectivity index is 1.40. The summed E-state index contributed by atoms with van der Waals surface area (Å²) in [7, 11) is 0. The zero-order chi connectivity index (χ0) is 17.5. The van der Waals surface area contributed by atoms with Crippen molar-refractivity contribution in [3.8, 4) is 5.75 Å². The van der Waals surface area contributed by atoms with Crippen LogP contribution < -0.4 is 4.74 Å². The Morgan fingerprint density at radius 3 is 2.92 bits per heavy atom. The molecule has 2 aromatic rings. The van der Waals surface area contributed by atoms with Crippen LogP contribution in [-0.4, -0.2) is 45.3 Å². The highest BCUT2D eigenvalue weighted by Gasteiger charge is 2.23. The number of amides is 1. The molecule has 0 spiro atoms. The minimum atomic E-state index is -0.271. The van der Waals surface area contributed by atoms with E-state index in [0.717, 1.165) is 32.4 Å². The smallest absolute Gasteiger partial charge is 0.222 e. The van der Waals surface area contributed by atoms with Crippen LogP contribution in [0.4, 0.5) is 4.39 Å². The van der Waals surface area contributed by atoms with Crippen LogP contribution in [0.1, 0.15) is 25.7 Å². The molecular formula is C18H23FN4O2. The lowest BCUT2D eigenvalue weighted by Gasteiger charge is -2.32. The number of carbonyl (C=O) groups is 1. The van der Waals surface area contributed by atoms with E-state index in [-0.39, 0.29) is 11.7 Å². The summed E-state index contributed by atoms with van der Waals surface area (Å²) in [6.07, 6.45) is 6.48. The van der Waals surface area contributed by atoms with E-state index in [1.54, 1.807) is 23.1 Å². The molecule has 7 heteroatoms. The normalized spacial score (nSPS) is 17.5. The van der Waals surface area contributed by atoms with Crippen molar-refractivity contribution in [3.05, 3.63) is 42.7 Å². The Bertz CT molecular complexity index is 660. The predicted molar refractivity (Wildman–Crippen MR) is 90.5 cm³/mol. The molecule has 6 nitrogen and oxygen atoms in total. The lowest BCUT2D eigenvalue weighted by molar-refractivity contribution is -0.133. The van der Waals surface area contributed by atoms with E-state index in [2.05, 4.69) is 10.1 Å². The molecule has 1 aliphatic rings. The molecule has 1 aliphatic heterocycles. The van der Waals surface area contributed by atoms with Gasteiger partial charge in [-0.2, -0.15) is 5.10 Å². The van der Waals surface area contributed by atoms with Crippen LogP contribution in [-0.2, 0) is 11.3 Å². The molecule has 0 aliphatic carbocycles. The lowest BCUT2D eigenvalue weighted by Crippen LogP contribution is -2.41. The number of nitrogens with zero attached hydrogens (tertiary/aromatic N) is 4. The molecule has 2 heterocycles. The monoisotopic (exact) mass is 346 g/mol. The molecule has 1 aromatic heterocycles. The molecule has 1 amide bonds. The first kappa shape index (κ1) is 17.4. The van der Waals surface area contributed by atoms with Crippen molar-refractivity contribution in [2.75, 3.05) is 19.7 Å². The van der Waals surface area contributed by atoms with Crippen molar-refractivity contribution in [2.45, 2.75) is 32.2 Å². The third kappa shape index (κ3) is 5.27. The number of hydrogen-bond donors (Lipinski definition) is 0. The third-order valence-corrected chi connectivity index (χ3v) is 4.42. The molecule has 134 valence electrons. The first-order chi connectivity index (χ1) is 12.2. The van der Waals surface area contributed by atoms with E-state index in [1.807, 2.05) is 4.90 Å². The van der Waals surface area contributed by atoms with E-state index in [9.17, 15) is 9.18 Å². The summed E-state index contributed by atoms with van der Waals surface area (Å²) in [6.45, 7) is 2.80. The van der Waals surface area contributed by atoms with E-state index < -0.39 is 0 Å². The fourth-order valence-corrected chi connectivity index (χ4v) is 3.07. The summed E-state index contributed by atoms with van der Waals surface area (Å²) in [5.74, 6) is 0.898. The van der Waals surface area contributed by atoms with Gasteiger partial charge in [-0.15, -0.1) is 0 Å². The summed E-state index contributed by atoms with van der Waals surface area (Å²) in [4.78, 5) is 18.2. The van der Waals surface area contributed by atoms with E-state index in [4.69, 9.17) is 4.74 Å². The van der Waals surface area contributed by atoms with Crippen molar-refractivity contribution in [3.63, 3.8) is 0 Å². The van der Waals surface area contributed by atoms with Gasteiger partial charge in [-0.25, -0.2) is 9.37 Å². The number of likely N-dealkylation sites (tertiary alicyclic amines) is 1. The van der Waals surface area contributed by atoms with Crippen LogP contribution in [0, 0.1) is 11.7 Å². The first-order valence-electron chi connectivity index (χ1n) is 8.69. The minimum Gasteiger partial charge on any atom is -0.493 e. The number of carbonyl (C=O) groups excluding carboxylic acids is 1. The van der Waals surface area contributed by atoms with Crippen molar-refractivity contribution in [1.82, 2.24) is 19.7 Å². The van der Waals surface area contributed by atoms with Gasteiger partial charge in [-0.1, -0.05) is 0 Å². The van der Waals surface area contributed by atoms with Crippen LogP contribution in [0.5, 0.6) is 5.75 Å². The number of benzene rings is 1. The largest absolute Gasteiger partial charge is 0.493 e. The Morgan fingerprint density at radius 2 is 2.16 bits per heavy atom. The van der Waals surface area contributed by atoms with Gasteiger partial charge in [0, 0.05) is 32.0 Å².